The Balaban J connectivity index is 1.45. The summed E-state index contributed by atoms with van der Waals surface area (Å²) in [5.74, 6) is 2.63. The average molecular weight is 360 g/mol. The van der Waals surface area contributed by atoms with Crippen molar-refractivity contribution in [1.29, 1.82) is 0 Å². The van der Waals surface area contributed by atoms with Gasteiger partial charge in [0.25, 0.3) is 0 Å². The van der Waals surface area contributed by atoms with E-state index in [-0.39, 0.29) is 0 Å². The van der Waals surface area contributed by atoms with Gasteiger partial charge >= 0.3 is 0 Å². The minimum atomic E-state index is 0.633. The lowest BCUT2D eigenvalue weighted by atomic mass is 10.1. The van der Waals surface area contributed by atoms with Gasteiger partial charge in [0.1, 0.15) is 11.6 Å². The first-order valence-corrected chi connectivity index (χ1v) is 9.27. The van der Waals surface area contributed by atoms with E-state index in [0.29, 0.717) is 5.95 Å². The number of hydrogen-bond acceptors (Lipinski definition) is 6. The molecule has 2 aromatic heterocycles. The molecule has 0 bridgehead atoms. The highest BCUT2D eigenvalue weighted by Crippen LogP contribution is 2.22. The molecule has 27 heavy (non-hydrogen) atoms. The fourth-order valence-electron chi connectivity index (χ4n) is 3.28. The monoisotopic (exact) mass is 360 g/mol. The Morgan fingerprint density at radius 2 is 1.59 bits per heavy atom. The molecule has 0 unspecified atom stereocenters. The molecule has 0 atom stereocenters. The molecule has 1 aliphatic rings. The van der Waals surface area contributed by atoms with Crippen molar-refractivity contribution in [3.05, 3.63) is 66.0 Å². The molecule has 1 aliphatic heterocycles. The van der Waals surface area contributed by atoms with Crippen LogP contribution in [0.15, 0.2) is 54.9 Å². The van der Waals surface area contributed by atoms with Gasteiger partial charge in [0.2, 0.25) is 5.95 Å². The predicted octanol–water partition coefficient (Wildman–Crippen LogP) is 3.56. The topological polar surface area (TPSA) is 57.2 Å². The van der Waals surface area contributed by atoms with Crippen LogP contribution in [0.5, 0.6) is 0 Å². The molecule has 0 saturated carbocycles. The molecule has 1 fully saturated rings. The molecule has 6 nitrogen and oxygen atoms in total. The number of benzene rings is 1. The van der Waals surface area contributed by atoms with Crippen LogP contribution >= 0.6 is 0 Å². The summed E-state index contributed by atoms with van der Waals surface area (Å²) in [4.78, 5) is 18.2. The summed E-state index contributed by atoms with van der Waals surface area (Å²) in [7, 11) is 0. The maximum atomic E-state index is 4.73. The fourth-order valence-corrected chi connectivity index (χ4v) is 3.28. The zero-order valence-electron chi connectivity index (χ0n) is 15.8. The van der Waals surface area contributed by atoms with Gasteiger partial charge in [0.05, 0.1) is 0 Å². The van der Waals surface area contributed by atoms with Gasteiger partial charge in [0, 0.05) is 44.3 Å². The molecule has 0 radical (unpaired) electrons. The van der Waals surface area contributed by atoms with Crippen LogP contribution < -0.4 is 15.1 Å². The first-order chi connectivity index (χ1) is 13.2. The van der Waals surface area contributed by atoms with E-state index in [2.05, 4.69) is 63.2 Å². The van der Waals surface area contributed by atoms with Crippen molar-refractivity contribution < 1.29 is 0 Å². The molecule has 1 saturated heterocycles. The number of piperazine rings is 1. The normalized spacial score (nSPS) is 14.3. The minimum Gasteiger partial charge on any atom is -0.353 e. The van der Waals surface area contributed by atoms with E-state index < -0.39 is 0 Å². The molecule has 4 rings (SSSR count). The van der Waals surface area contributed by atoms with E-state index in [1.807, 2.05) is 30.6 Å². The third-order valence-electron chi connectivity index (χ3n) is 4.86. The lowest BCUT2D eigenvalue weighted by Crippen LogP contribution is -2.47. The lowest BCUT2D eigenvalue weighted by molar-refractivity contribution is 0.641. The molecule has 1 aromatic carbocycles. The Labute approximate surface area is 159 Å². The van der Waals surface area contributed by atoms with Crippen molar-refractivity contribution in [3.63, 3.8) is 0 Å². The van der Waals surface area contributed by atoms with Gasteiger partial charge in [-0.25, -0.2) is 9.97 Å². The van der Waals surface area contributed by atoms with Crippen molar-refractivity contribution in [2.24, 2.45) is 0 Å². The highest BCUT2D eigenvalue weighted by molar-refractivity contribution is 5.60. The van der Waals surface area contributed by atoms with Gasteiger partial charge in [-0.05, 0) is 49.2 Å². The second-order valence-electron chi connectivity index (χ2n) is 6.84. The van der Waals surface area contributed by atoms with Crippen molar-refractivity contribution in [2.75, 3.05) is 41.3 Å². The minimum absolute atomic E-state index is 0.633. The first-order valence-electron chi connectivity index (χ1n) is 9.27. The number of rotatable bonds is 4. The average Bonchev–Trinajstić information content (AvgIpc) is 2.72. The summed E-state index contributed by atoms with van der Waals surface area (Å²) in [6.07, 6.45) is 3.66. The Morgan fingerprint density at radius 3 is 2.33 bits per heavy atom. The number of nitrogens with zero attached hydrogens (tertiary/aromatic N) is 5. The van der Waals surface area contributed by atoms with E-state index >= 15 is 0 Å². The Morgan fingerprint density at radius 1 is 0.815 bits per heavy atom. The van der Waals surface area contributed by atoms with Crippen LogP contribution in [0, 0.1) is 13.8 Å². The lowest BCUT2D eigenvalue weighted by Gasteiger charge is -2.36. The number of aromatic nitrogens is 3. The maximum Gasteiger partial charge on any atom is 0.229 e. The van der Waals surface area contributed by atoms with Crippen molar-refractivity contribution in [2.45, 2.75) is 13.8 Å². The van der Waals surface area contributed by atoms with Crippen LogP contribution in [0.1, 0.15) is 11.1 Å². The molecule has 0 amide bonds. The fraction of sp³-hybridized carbons (Fsp3) is 0.286. The van der Waals surface area contributed by atoms with Crippen molar-refractivity contribution >= 4 is 23.3 Å². The van der Waals surface area contributed by atoms with E-state index in [1.54, 1.807) is 0 Å². The quantitative estimate of drug-likeness (QED) is 0.768. The third kappa shape index (κ3) is 4.00. The molecule has 1 N–H and O–H groups in total. The van der Waals surface area contributed by atoms with Crippen LogP contribution in [-0.4, -0.2) is 41.1 Å². The number of anilines is 4. The Kier molecular flexibility index (Phi) is 4.87. The van der Waals surface area contributed by atoms with Gasteiger partial charge in [-0.1, -0.05) is 18.2 Å². The summed E-state index contributed by atoms with van der Waals surface area (Å²) < 4.78 is 0. The van der Waals surface area contributed by atoms with Crippen molar-refractivity contribution in [3.8, 4) is 0 Å². The number of pyridine rings is 1. The summed E-state index contributed by atoms with van der Waals surface area (Å²) in [5, 5.41) is 3.36. The molecule has 6 heteroatoms. The third-order valence-corrected chi connectivity index (χ3v) is 4.86. The smallest absolute Gasteiger partial charge is 0.229 e. The summed E-state index contributed by atoms with van der Waals surface area (Å²) in [6.45, 7) is 7.86. The van der Waals surface area contributed by atoms with Crippen LogP contribution in [0.4, 0.5) is 23.3 Å². The molecular weight excluding hydrogens is 336 g/mol. The Hall–Kier alpha value is -3.15. The van der Waals surface area contributed by atoms with Crippen LogP contribution in [0.2, 0.25) is 0 Å². The highest BCUT2D eigenvalue weighted by atomic mass is 15.3. The standard InChI is InChI=1S/C21H24N6/c1-16-6-7-17(2)18(15-16)24-21-23-10-8-20(25-21)27-13-11-26(12-14-27)19-5-3-4-9-22-19/h3-10,15H,11-14H2,1-2H3,(H,23,24,25). The van der Waals surface area contributed by atoms with Gasteiger partial charge in [-0.2, -0.15) is 4.98 Å². The molecule has 138 valence electrons. The van der Waals surface area contributed by atoms with Gasteiger partial charge in [-0.15, -0.1) is 0 Å². The number of aryl methyl sites for hydroxylation is 2. The van der Waals surface area contributed by atoms with Crippen LogP contribution in [0.25, 0.3) is 0 Å². The summed E-state index contributed by atoms with van der Waals surface area (Å²) in [5.41, 5.74) is 3.44. The van der Waals surface area contributed by atoms with E-state index in [4.69, 9.17) is 4.98 Å². The number of hydrogen-bond donors (Lipinski definition) is 1. The van der Waals surface area contributed by atoms with Gasteiger partial charge in [-0.3, -0.25) is 0 Å². The van der Waals surface area contributed by atoms with Crippen LogP contribution in [0.3, 0.4) is 0 Å². The van der Waals surface area contributed by atoms with E-state index in [9.17, 15) is 0 Å². The molecule has 3 aromatic rings. The largest absolute Gasteiger partial charge is 0.353 e. The molecule has 3 heterocycles. The molecule has 0 spiro atoms. The SMILES string of the molecule is Cc1ccc(C)c(Nc2nccc(N3CCN(c4ccccn4)CC3)n2)c1. The van der Waals surface area contributed by atoms with E-state index in [0.717, 1.165) is 43.5 Å². The second kappa shape index (κ2) is 7.61. The van der Waals surface area contributed by atoms with E-state index in [1.165, 1.54) is 11.1 Å². The van der Waals surface area contributed by atoms with Gasteiger partial charge < -0.3 is 15.1 Å². The Bertz CT molecular complexity index is 904. The maximum absolute atomic E-state index is 4.73. The summed E-state index contributed by atoms with van der Waals surface area (Å²) in [6, 6.07) is 14.4. The zero-order chi connectivity index (χ0) is 18.6. The van der Waals surface area contributed by atoms with Crippen LogP contribution in [-0.2, 0) is 0 Å². The summed E-state index contributed by atoms with van der Waals surface area (Å²) >= 11 is 0. The highest BCUT2D eigenvalue weighted by Gasteiger charge is 2.19. The molecule has 0 aliphatic carbocycles. The second-order valence-corrected chi connectivity index (χ2v) is 6.84. The first kappa shape index (κ1) is 17.3. The molecular formula is C21H24N6. The zero-order valence-corrected chi connectivity index (χ0v) is 15.8. The van der Waals surface area contributed by atoms with Gasteiger partial charge in [0.15, 0.2) is 0 Å². The van der Waals surface area contributed by atoms with Crippen molar-refractivity contribution in [1.82, 2.24) is 15.0 Å². The number of nitrogens with one attached hydrogen (secondary N) is 1. The predicted molar refractivity (Wildman–Crippen MR) is 110 cm³/mol.